The zero-order valence-electron chi connectivity index (χ0n) is 24.6. The standard InChI is InChI=1S/C33H36FN7O2/c1-23-6-5-9-28(24(23)2)39-20-18-38(19-21-39)17-16-35-31(42)15-14-30-36-37-33-40(22-25-10-12-26(34)13-11-25)32(43)27-7-3-4-8-29(27)41(30)33/h3-13H,14-22H2,1-2H3,(H,35,42). The summed E-state index contributed by atoms with van der Waals surface area (Å²) in [6.45, 7) is 9.82. The SMILES string of the molecule is Cc1cccc(N2CCN(CCNC(=O)CCc3nnc4n(Cc5ccc(F)cc5)c(=O)c5ccccc5n34)CC2)c1C. The lowest BCUT2D eigenvalue weighted by Crippen LogP contribution is -2.48. The van der Waals surface area contributed by atoms with E-state index < -0.39 is 0 Å². The third-order valence-electron chi connectivity index (χ3n) is 8.44. The minimum Gasteiger partial charge on any atom is -0.369 e. The van der Waals surface area contributed by atoms with Crippen molar-refractivity contribution >= 4 is 28.3 Å². The molecule has 1 fully saturated rings. The number of aromatic nitrogens is 4. The Morgan fingerprint density at radius 2 is 1.70 bits per heavy atom. The van der Waals surface area contributed by atoms with E-state index in [1.807, 2.05) is 22.6 Å². The number of para-hydroxylation sites is 1. The predicted molar refractivity (Wildman–Crippen MR) is 166 cm³/mol. The Bertz CT molecular complexity index is 1820. The lowest BCUT2D eigenvalue weighted by Gasteiger charge is -2.37. The van der Waals surface area contributed by atoms with E-state index in [0.29, 0.717) is 35.5 Å². The quantitative estimate of drug-likeness (QED) is 0.286. The lowest BCUT2D eigenvalue weighted by molar-refractivity contribution is -0.121. The van der Waals surface area contributed by atoms with E-state index in [-0.39, 0.29) is 30.2 Å². The van der Waals surface area contributed by atoms with Crippen molar-refractivity contribution in [2.24, 2.45) is 0 Å². The number of rotatable bonds is 9. The molecule has 9 nitrogen and oxygen atoms in total. The van der Waals surface area contributed by atoms with Crippen LogP contribution in [0.2, 0.25) is 0 Å². The molecule has 0 unspecified atom stereocenters. The van der Waals surface area contributed by atoms with E-state index in [4.69, 9.17) is 0 Å². The highest BCUT2D eigenvalue weighted by atomic mass is 19.1. The van der Waals surface area contributed by atoms with Crippen molar-refractivity contribution < 1.29 is 9.18 Å². The number of hydrogen-bond donors (Lipinski definition) is 1. The second kappa shape index (κ2) is 12.3. The van der Waals surface area contributed by atoms with E-state index in [0.717, 1.165) is 38.3 Å². The molecule has 0 saturated carbocycles. The molecular weight excluding hydrogens is 545 g/mol. The summed E-state index contributed by atoms with van der Waals surface area (Å²) in [5.41, 5.74) is 5.24. The van der Waals surface area contributed by atoms with Crippen molar-refractivity contribution in [1.29, 1.82) is 0 Å². The zero-order chi connectivity index (χ0) is 29.9. The third-order valence-corrected chi connectivity index (χ3v) is 8.44. The van der Waals surface area contributed by atoms with Crippen LogP contribution in [0.1, 0.15) is 28.9 Å². The number of benzene rings is 3. The largest absolute Gasteiger partial charge is 0.369 e. The number of fused-ring (bicyclic) bond motifs is 3. The first kappa shape index (κ1) is 28.5. The molecule has 43 heavy (non-hydrogen) atoms. The highest BCUT2D eigenvalue weighted by Crippen LogP contribution is 2.24. The molecule has 1 aliphatic rings. The molecule has 6 rings (SSSR count). The van der Waals surface area contributed by atoms with Gasteiger partial charge in [0.05, 0.1) is 17.4 Å². The summed E-state index contributed by atoms with van der Waals surface area (Å²) in [5, 5.41) is 12.3. The molecule has 1 aliphatic heterocycles. The van der Waals surface area contributed by atoms with Crippen LogP contribution in [-0.2, 0) is 17.8 Å². The second-order valence-electron chi connectivity index (χ2n) is 11.2. The van der Waals surface area contributed by atoms with E-state index in [1.54, 1.807) is 22.8 Å². The Balaban J connectivity index is 1.07. The number of carbonyl (C=O) groups excluding carboxylic acids is 1. The molecule has 5 aromatic rings. The minimum absolute atomic E-state index is 0.0466. The van der Waals surface area contributed by atoms with Crippen molar-refractivity contribution in [2.75, 3.05) is 44.2 Å². The average Bonchev–Trinajstić information content (AvgIpc) is 3.45. The highest BCUT2D eigenvalue weighted by Gasteiger charge is 2.20. The number of anilines is 1. The van der Waals surface area contributed by atoms with Crippen LogP contribution < -0.4 is 15.8 Å². The maximum atomic E-state index is 13.5. The average molecular weight is 582 g/mol. The molecule has 0 radical (unpaired) electrons. The van der Waals surface area contributed by atoms with Crippen LogP contribution in [0.4, 0.5) is 10.1 Å². The van der Waals surface area contributed by atoms with Crippen LogP contribution >= 0.6 is 0 Å². The van der Waals surface area contributed by atoms with Gasteiger partial charge in [-0.25, -0.2) is 4.39 Å². The van der Waals surface area contributed by atoms with Gasteiger partial charge in [-0.15, -0.1) is 10.2 Å². The molecule has 1 N–H and O–H groups in total. The summed E-state index contributed by atoms with van der Waals surface area (Å²) in [5.74, 6) is 0.619. The smallest absolute Gasteiger partial charge is 0.263 e. The van der Waals surface area contributed by atoms with Gasteiger partial charge in [0.2, 0.25) is 11.7 Å². The highest BCUT2D eigenvalue weighted by molar-refractivity contribution is 5.80. The van der Waals surface area contributed by atoms with Crippen molar-refractivity contribution in [2.45, 2.75) is 33.2 Å². The first-order valence-corrected chi connectivity index (χ1v) is 14.8. The minimum atomic E-state index is -0.335. The van der Waals surface area contributed by atoms with Crippen molar-refractivity contribution in [3.63, 3.8) is 0 Å². The van der Waals surface area contributed by atoms with Gasteiger partial charge in [-0.3, -0.25) is 23.5 Å². The molecule has 3 heterocycles. The maximum Gasteiger partial charge on any atom is 0.263 e. The normalized spacial score (nSPS) is 14.1. The van der Waals surface area contributed by atoms with Crippen molar-refractivity contribution in [3.8, 4) is 0 Å². The molecule has 1 saturated heterocycles. The molecule has 10 heteroatoms. The van der Waals surface area contributed by atoms with Crippen LogP contribution in [0, 0.1) is 19.7 Å². The van der Waals surface area contributed by atoms with Gasteiger partial charge in [0.15, 0.2) is 0 Å². The van der Waals surface area contributed by atoms with E-state index in [2.05, 4.69) is 57.4 Å². The van der Waals surface area contributed by atoms with E-state index in [9.17, 15) is 14.0 Å². The Morgan fingerprint density at radius 1 is 0.930 bits per heavy atom. The van der Waals surface area contributed by atoms with Gasteiger partial charge in [0.1, 0.15) is 11.6 Å². The fourth-order valence-corrected chi connectivity index (χ4v) is 5.85. The monoisotopic (exact) mass is 581 g/mol. The maximum absolute atomic E-state index is 13.5. The number of piperazine rings is 1. The van der Waals surface area contributed by atoms with E-state index in [1.165, 1.54) is 28.9 Å². The van der Waals surface area contributed by atoms with Crippen LogP contribution in [0.3, 0.4) is 0 Å². The second-order valence-corrected chi connectivity index (χ2v) is 11.2. The molecule has 0 aliphatic carbocycles. The topological polar surface area (TPSA) is 87.8 Å². The van der Waals surface area contributed by atoms with Gasteiger partial charge in [-0.2, -0.15) is 0 Å². The fourth-order valence-electron chi connectivity index (χ4n) is 5.85. The Labute approximate surface area is 249 Å². The molecule has 0 bridgehead atoms. The summed E-state index contributed by atoms with van der Waals surface area (Å²) < 4.78 is 16.9. The number of amides is 1. The van der Waals surface area contributed by atoms with Crippen molar-refractivity contribution in [3.05, 3.63) is 105 Å². The van der Waals surface area contributed by atoms with Gasteiger partial charge < -0.3 is 10.2 Å². The molecular formula is C33H36FN7O2. The first-order valence-electron chi connectivity index (χ1n) is 14.8. The van der Waals surface area contributed by atoms with Crippen LogP contribution in [0.25, 0.3) is 16.7 Å². The van der Waals surface area contributed by atoms with Gasteiger partial charge >= 0.3 is 0 Å². The Morgan fingerprint density at radius 3 is 2.49 bits per heavy atom. The number of halogens is 1. The third kappa shape index (κ3) is 6.01. The Hall–Kier alpha value is -4.57. The number of nitrogens with one attached hydrogen (secondary N) is 1. The lowest BCUT2D eigenvalue weighted by atomic mass is 10.1. The van der Waals surface area contributed by atoms with Gasteiger partial charge in [0.25, 0.3) is 5.56 Å². The molecule has 1 amide bonds. The fraction of sp³-hybridized carbons (Fsp3) is 0.333. The summed E-state index contributed by atoms with van der Waals surface area (Å²) >= 11 is 0. The number of nitrogens with zero attached hydrogens (tertiary/aromatic N) is 6. The number of hydrogen-bond acceptors (Lipinski definition) is 6. The summed E-state index contributed by atoms with van der Waals surface area (Å²) in [4.78, 5) is 31.0. The molecule has 3 aromatic carbocycles. The van der Waals surface area contributed by atoms with Crippen molar-refractivity contribution in [1.82, 2.24) is 29.4 Å². The van der Waals surface area contributed by atoms with Gasteiger partial charge in [-0.05, 0) is 60.9 Å². The number of aryl methyl sites for hydroxylation is 2. The molecule has 0 atom stereocenters. The van der Waals surface area contributed by atoms with Gasteiger partial charge in [-0.1, -0.05) is 36.4 Å². The summed E-state index contributed by atoms with van der Waals surface area (Å²) in [7, 11) is 0. The Kier molecular flexibility index (Phi) is 8.20. The molecule has 0 spiro atoms. The van der Waals surface area contributed by atoms with Crippen LogP contribution in [-0.4, -0.2) is 69.2 Å². The first-order chi connectivity index (χ1) is 20.9. The zero-order valence-corrected chi connectivity index (χ0v) is 24.6. The van der Waals surface area contributed by atoms with Gasteiger partial charge in [0, 0.05) is 57.8 Å². The van der Waals surface area contributed by atoms with Crippen LogP contribution in [0.15, 0.2) is 71.5 Å². The predicted octanol–water partition coefficient (Wildman–Crippen LogP) is 3.72. The van der Waals surface area contributed by atoms with Crippen LogP contribution in [0.5, 0.6) is 0 Å². The number of carbonyl (C=O) groups is 1. The molecule has 2 aromatic heterocycles. The summed E-state index contributed by atoms with van der Waals surface area (Å²) in [6, 6.07) is 19.8. The molecule has 222 valence electrons. The van der Waals surface area contributed by atoms with E-state index >= 15 is 0 Å². The summed E-state index contributed by atoms with van der Waals surface area (Å²) in [6.07, 6.45) is 0.632.